The zero-order valence-corrected chi connectivity index (χ0v) is 19.9. The van der Waals surface area contributed by atoms with Gasteiger partial charge in [0.25, 0.3) is 0 Å². The van der Waals surface area contributed by atoms with Gasteiger partial charge in [0.2, 0.25) is 21.9 Å². The average Bonchev–Trinajstić information content (AvgIpc) is 2.75. The molecule has 0 atom stereocenters. The number of guanidine groups is 1. The molecule has 0 saturated heterocycles. The second-order valence-electron chi connectivity index (χ2n) is 7.18. The van der Waals surface area contributed by atoms with E-state index < -0.39 is 22.2 Å². The van der Waals surface area contributed by atoms with Gasteiger partial charge in [-0.25, -0.2) is 18.7 Å². The van der Waals surface area contributed by atoms with Crippen molar-refractivity contribution in [1.29, 1.82) is 5.41 Å². The average molecular weight is 534 g/mol. The third kappa shape index (κ3) is 12.6. The number of carboxylic acid groups (broad SMARTS) is 1. The molecule has 2 aromatic rings. The Morgan fingerprint density at radius 1 is 1.14 bits per heavy atom. The normalized spacial score (nSPS) is 11.0. The number of aryl methyl sites for hydroxylation is 1. The molecular weight excluding hydrogens is 507 g/mol. The molecule has 0 unspecified atom stereocenters. The molecule has 0 saturated carbocycles. The van der Waals surface area contributed by atoms with E-state index in [0.717, 1.165) is 5.56 Å². The number of carbonyl (C=O) groups is 2. The van der Waals surface area contributed by atoms with E-state index in [1.165, 1.54) is 0 Å². The summed E-state index contributed by atoms with van der Waals surface area (Å²) in [4.78, 5) is 25.9. The van der Waals surface area contributed by atoms with E-state index in [-0.39, 0.29) is 37.2 Å². The second kappa shape index (κ2) is 13.9. The van der Waals surface area contributed by atoms with Crippen LogP contribution in [0.2, 0.25) is 0 Å². The molecule has 0 heterocycles. The number of nitrogens with two attached hydrogens (primary N) is 1. The van der Waals surface area contributed by atoms with Crippen LogP contribution in [0.25, 0.3) is 0 Å². The van der Waals surface area contributed by atoms with Crippen molar-refractivity contribution >= 4 is 33.5 Å². The Morgan fingerprint density at radius 2 is 1.75 bits per heavy atom. The monoisotopic (exact) mass is 533 g/mol. The number of aliphatic carboxylic acids is 1. The molecule has 1 amide bonds. The van der Waals surface area contributed by atoms with Gasteiger partial charge in [0.1, 0.15) is 0 Å². The highest BCUT2D eigenvalue weighted by Crippen LogP contribution is 2.18. The highest BCUT2D eigenvalue weighted by atomic mass is 32.2. The summed E-state index contributed by atoms with van der Waals surface area (Å²) in [5.41, 5.74) is 9.92. The number of carboxylic acids is 1. The maximum atomic E-state index is 12.4. The minimum Gasteiger partial charge on any atom is -0.475 e. The first-order valence-electron chi connectivity index (χ1n) is 10.1. The SMILES string of the molecule is Cc1ccc(NS(=O)(=O)Cc2ccccc2)cc1CC(=O)NCCONC(=N)N.O=C(O)C(F)(F)F. The molecule has 15 heteroatoms. The molecular formula is C21H26F3N5O6S. The van der Waals surface area contributed by atoms with Gasteiger partial charge in [0, 0.05) is 12.2 Å². The molecule has 11 nitrogen and oxygen atoms in total. The fourth-order valence-corrected chi connectivity index (χ4v) is 3.73. The third-order valence-electron chi connectivity index (χ3n) is 4.12. The zero-order valence-electron chi connectivity index (χ0n) is 19.1. The van der Waals surface area contributed by atoms with Crippen molar-refractivity contribution in [2.45, 2.75) is 25.3 Å². The van der Waals surface area contributed by atoms with Crippen molar-refractivity contribution in [2.24, 2.45) is 5.73 Å². The molecule has 7 N–H and O–H groups in total. The Kier molecular flexibility index (Phi) is 11.6. The first-order valence-corrected chi connectivity index (χ1v) is 11.8. The summed E-state index contributed by atoms with van der Waals surface area (Å²) in [5.74, 6) is -3.44. The van der Waals surface area contributed by atoms with Crippen LogP contribution in [0.15, 0.2) is 48.5 Å². The quantitative estimate of drug-likeness (QED) is 0.115. The van der Waals surface area contributed by atoms with Crippen LogP contribution >= 0.6 is 0 Å². The lowest BCUT2D eigenvalue weighted by Crippen LogP contribution is -2.34. The van der Waals surface area contributed by atoms with Crippen LogP contribution in [-0.4, -0.2) is 50.7 Å². The Labute approximate surface area is 205 Å². The van der Waals surface area contributed by atoms with E-state index in [1.54, 1.807) is 42.5 Å². The number of hydroxylamine groups is 1. The molecule has 36 heavy (non-hydrogen) atoms. The zero-order chi connectivity index (χ0) is 27.4. The summed E-state index contributed by atoms with van der Waals surface area (Å²) >= 11 is 0. The van der Waals surface area contributed by atoms with Gasteiger partial charge < -0.3 is 16.2 Å². The number of alkyl halides is 3. The topological polar surface area (TPSA) is 184 Å². The Hall–Kier alpha value is -3.85. The van der Waals surface area contributed by atoms with Crippen LogP contribution in [0.4, 0.5) is 18.9 Å². The van der Waals surface area contributed by atoms with Crippen LogP contribution in [0.1, 0.15) is 16.7 Å². The molecule has 0 aliphatic heterocycles. The molecule has 0 spiro atoms. The summed E-state index contributed by atoms with van der Waals surface area (Å²) in [6.45, 7) is 2.23. The summed E-state index contributed by atoms with van der Waals surface area (Å²) in [6, 6.07) is 14.0. The van der Waals surface area contributed by atoms with Crippen LogP contribution in [-0.2, 0) is 36.6 Å². The number of benzene rings is 2. The van der Waals surface area contributed by atoms with E-state index in [0.29, 0.717) is 16.8 Å². The van der Waals surface area contributed by atoms with Crippen molar-refractivity contribution in [2.75, 3.05) is 17.9 Å². The van der Waals surface area contributed by atoms with Crippen LogP contribution < -0.4 is 21.3 Å². The van der Waals surface area contributed by atoms with Gasteiger partial charge in [-0.3, -0.25) is 19.8 Å². The van der Waals surface area contributed by atoms with E-state index in [4.69, 9.17) is 25.9 Å². The van der Waals surface area contributed by atoms with Crippen molar-refractivity contribution in [3.8, 4) is 0 Å². The fourth-order valence-electron chi connectivity index (χ4n) is 2.54. The third-order valence-corrected chi connectivity index (χ3v) is 5.38. The Morgan fingerprint density at radius 3 is 2.31 bits per heavy atom. The van der Waals surface area contributed by atoms with Crippen molar-refractivity contribution < 1.29 is 41.1 Å². The summed E-state index contributed by atoms with van der Waals surface area (Å²) < 4.78 is 59.1. The van der Waals surface area contributed by atoms with Crippen LogP contribution in [0, 0.1) is 12.3 Å². The predicted molar refractivity (Wildman–Crippen MR) is 125 cm³/mol. The fraction of sp³-hybridized carbons (Fsp3) is 0.286. The largest absolute Gasteiger partial charge is 0.490 e. The Balaban J connectivity index is 0.000000809. The molecule has 198 valence electrons. The minimum atomic E-state index is -5.08. The summed E-state index contributed by atoms with van der Waals surface area (Å²) in [6.07, 6.45) is -4.99. The van der Waals surface area contributed by atoms with Gasteiger partial charge in [-0.2, -0.15) is 13.2 Å². The van der Waals surface area contributed by atoms with Gasteiger partial charge in [-0.15, -0.1) is 0 Å². The standard InChI is InChI=1S/C19H25N5O4S.C2HF3O2/c1-14-7-8-17(24-29(26,27)13-15-5-3-2-4-6-15)11-16(14)12-18(25)22-9-10-28-23-19(20)21;3-2(4,5)1(6)7/h2-8,11,24H,9-10,12-13H2,1H3,(H,22,25)(H4,20,21,23);(H,6,7). The smallest absolute Gasteiger partial charge is 0.475 e. The van der Waals surface area contributed by atoms with E-state index in [1.807, 2.05) is 13.0 Å². The van der Waals surface area contributed by atoms with E-state index >= 15 is 0 Å². The number of hydrogen-bond acceptors (Lipinski definition) is 6. The van der Waals surface area contributed by atoms with E-state index in [9.17, 15) is 26.4 Å². The number of nitrogens with one attached hydrogen (secondary N) is 4. The number of halogens is 3. The molecule has 0 aliphatic carbocycles. The highest BCUT2D eigenvalue weighted by Gasteiger charge is 2.38. The number of hydrogen-bond donors (Lipinski definition) is 6. The molecule has 0 aliphatic rings. The first-order chi connectivity index (χ1) is 16.7. The lowest BCUT2D eigenvalue weighted by Gasteiger charge is -2.12. The molecule has 0 bridgehead atoms. The van der Waals surface area contributed by atoms with Gasteiger partial charge in [0.15, 0.2) is 0 Å². The van der Waals surface area contributed by atoms with Crippen LogP contribution in [0.5, 0.6) is 0 Å². The molecule has 2 aromatic carbocycles. The summed E-state index contributed by atoms with van der Waals surface area (Å²) in [5, 5.41) is 16.7. The van der Waals surface area contributed by atoms with Gasteiger partial charge in [0.05, 0.1) is 18.8 Å². The number of rotatable bonds is 10. The first kappa shape index (κ1) is 30.2. The maximum Gasteiger partial charge on any atom is 0.490 e. The predicted octanol–water partition coefficient (Wildman–Crippen LogP) is 1.64. The number of amides is 1. The Bertz CT molecular complexity index is 1140. The second-order valence-corrected chi connectivity index (χ2v) is 8.90. The van der Waals surface area contributed by atoms with Gasteiger partial charge in [-0.05, 0) is 35.7 Å². The molecule has 2 rings (SSSR count). The van der Waals surface area contributed by atoms with Crippen LogP contribution in [0.3, 0.4) is 0 Å². The van der Waals surface area contributed by atoms with Crippen molar-refractivity contribution in [1.82, 2.24) is 10.8 Å². The number of anilines is 1. The minimum absolute atomic E-state index is 0.0974. The molecule has 0 fully saturated rings. The lowest BCUT2D eigenvalue weighted by molar-refractivity contribution is -0.192. The summed E-state index contributed by atoms with van der Waals surface area (Å²) in [7, 11) is -3.57. The van der Waals surface area contributed by atoms with Crippen molar-refractivity contribution in [3.05, 3.63) is 65.2 Å². The maximum absolute atomic E-state index is 12.4. The molecule has 0 aromatic heterocycles. The van der Waals surface area contributed by atoms with E-state index in [2.05, 4.69) is 15.5 Å². The highest BCUT2D eigenvalue weighted by molar-refractivity contribution is 7.91. The van der Waals surface area contributed by atoms with Crippen molar-refractivity contribution in [3.63, 3.8) is 0 Å². The number of sulfonamides is 1. The lowest BCUT2D eigenvalue weighted by atomic mass is 10.0. The molecule has 0 radical (unpaired) electrons. The van der Waals surface area contributed by atoms with Gasteiger partial charge >= 0.3 is 12.1 Å². The van der Waals surface area contributed by atoms with Gasteiger partial charge in [-0.1, -0.05) is 36.4 Å². The number of carbonyl (C=O) groups excluding carboxylic acids is 1.